The molecule has 0 radical (unpaired) electrons. The Bertz CT molecular complexity index is 1130. The second kappa shape index (κ2) is 9.43. The summed E-state index contributed by atoms with van der Waals surface area (Å²) >= 11 is 0. The van der Waals surface area contributed by atoms with Gasteiger partial charge >= 0.3 is 0 Å². The van der Waals surface area contributed by atoms with Gasteiger partial charge in [0.1, 0.15) is 0 Å². The number of nitrogens with one attached hydrogen (secondary N) is 1. The average Bonchev–Trinajstić information content (AvgIpc) is 2.86. The van der Waals surface area contributed by atoms with E-state index in [4.69, 9.17) is 18.9 Å². The highest BCUT2D eigenvalue weighted by Gasteiger charge is 2.38. The Morgan fingerprint density at radius 3 is 2.22 bits per heavy atom. The predicted octanol–water partition coefficient (Wildman–Crippen LogP) is 4.13. The van der Waals surface area contributed by atoms with Crippen LogP contribution in [0.2, 0.25) is 0 Å². The number of nitrogens with zero attached hydrogens (tertiary/aromatic N) is 1. The molecule has 0 unspecified atom stereocenters. The molecule has 0 saturated heterocycles. The zero-order chi connectivity index (χ0) is 22.5. The molecule has 1 aliphatic rings. The molecule has 0 aliphatic carbocycles. The van der Waals surface area contributed by atoms with Crippen molar-refractivity contribution in [2.45, 2.75) is 19.1 Å². The number of amides is 1. The average molecular weight is 432 g/mol. The van der Waals surface area contributed by atoms with E-state index in [-0.39, 0.29) is 0 Å². The number of methoxy groups -OCH3 is 2. The highest BCUT2D eigenvalue weighted by molar-refractivity contribution is 6.00. The van der Waals surface area contributed by atoms with Crippen LogP contribution in [0, 0.1) is 0 Å². The van der Waals surface area contributed by atoms with E-state index in [0.29, 0.717) is 28.7 Å². The third-order valence-corrected chi connectivity index (χ3v) is 5.15. The van der Waals surface area contributed by atoms with Gasteiger partial charge in [0.2, 0.25) is 6.10 Å². The van der Waals surface area contributed by atoms with Gasteiger partial charge in [0.25, 0.3) is 5.91 Å². The quantitative estimate of drug-likeness (QED) is 0.468. The normalized spacial score (nSPS) is 17.4. The van der Waals surface area contributed by atoms with E-state index >= 15 is 0 Å². The lowest BCUT2D eigenvalue weighted by Gasteiger charge is -2.33. The summed E-state index contributed by atoms with van der Waals surface area (Å²) in [5, 5.41) is 4.27. The van der Waals surface area contributed by atoms with E-state index in [1.807, 2.05) is 54.6 Å². The van der Waals surface area contributed by atoms with Crippen molar-refractivity contribution in [1.82, 2.24) is 5.43 Å². The van der Waals surface area contributed by atoms with Gasteiger partial charge in [-0.05, 0) is 42.8 Å². The molecule has 2 atom stereocenters. The van der Waals surface area contributed by atoms with Gasteiger partial charge < -0.3 is 18.9 Å². The third kappa shape index (κ3) is 4.37. The summed E-state index contributed by atoms with van der Waals surface area (Å²) in [7, 11) is 3.14. The fraction of sp³-hybridized carbons (Fsp3) is 0.200. The predicted molar refractivity (Wildman–Crippen MR) is 121 cm³/mol. The maximum atomic E-state index is 13.1. The van der Waals surface area contributed by atoms with Crippen LogP contribution in [0.25, 0.3) is 0 Å². The molecule has 3 aromatic rings. The molecular formula is C25H24N2O5. The Kier molecular flexibility index (Phi) is 6.26. The monoisotopic (exact) mass is 432 g/mol. The van der Waals surface area contributed by atoms with Crippen LogP contribution in [0.5, 0.6) is 23.0 Å². The lowest BCUT2D eigenvalue weighted by atomic mass is 10.0. The topological polar surface area (TPSA) is 78.4 Å². The van der Waals surface area contributed by atoms with Crippen molar-refractivity contribution in [2.75, 3.05) is 14.2 Å². The molecule has 1 N–H and O–H groups in total. The molecule has 0 spiro atoms. The maximum absolute atomic E-state index is 13.1. The number of carbonyl (C=O) groups excluding carboxylic acids is 1. The van der Waals surface area contributed by atoms with Gasteiger partial charge in [-0.1, -0.05) is 42.5 Å². The van der Waals surface area contributed by atoms with Gasteiger partial charge in [-0.15, -0.1) is 0 Å². The highest BCUT2D eigenvalue weighted by Crippen LogP contribution is 2.39. The molecule has 0 fully saturated rings. The number of hydrogen-bond donors (Lipinski definition) is 1. The maximum Gasteiger partial charge on any atom is 0.285 e. The fourth-order valence-electron chi connectivity index (χ4n) is 3.45. The van der Waals surface area contributed by atoms with Crippen molar-refractivity contribution >= 4 is 11.6 Å². The summed E-state index contributed by atoms with van der Waals surface area (Å²) in [6.45, 7) is 1.80. The molecule has 1 aliphatic heterocycles. The molecule has 0 saturated carbocycles. The first-order chi connectivity index (χ1) is 15.6. The fourth-order valence-corrected chi connectivity index (χ4v) is 3.45. The van der Waals surface area contributed by atoms with E-state index in [0.717, 1.165) is 11.1 Å². The van der Waals surface area contributed by atoms with Crippen molar-refractivity contribution in [1.29, 1.82) is 0 Å². The minimum atomic E-state index is -0.908. The van der Waals surface area contributed by atoms with Crippen LogP contribution in [-0.4, -0.2) is 31.9 Å². The summed E-state index contributed by atoms with van der Waals surface area (Å²) in [6, 6.07) is 22.2. The van der Waals surface area contributed by atoms with Crippen LogP contribution in [0.1, 0.15) is 24.2 Å². The molecule has 164 valence electrons. The largest absolute Gasteiger partial charge is 0.493 e. The molecule has 0 aromatic heterocycles. The lowest BCUT2D eigenvalue weighted by molar-refractivity contribution is -0.134. The molecule has 7 nitrogen and oxygen atoms in total. The molecule has 1 amide bonds. The SMILES string of the molecule is COc1ccc(/C(C)=N\NC(=O)[C@@H]2Oc3ccccc3O[C@H]2c2ccccc2)cc1OC. The summed E-state index contributed by atoms with van der Waals surface area (Å²) < 4.78 is 22.8. The van der Waals surface area contributed by atoms with Crippen molar-refractivity contribution < 1.29 is 23.7 Å². The van der Waals surface area contributed by atoms with Crippen molar-refractivity contribution in [3.63, 3.8) is 0 Å². The van der Waals surface area contributed by atoms with E-state index < -0.39 is 18.1 Å². The molecule has 4 rings (SSSR count). The minimum Gasteiger partial charge on any atom is -0.493 e. The van der Waals surface area contributed by atoms with Crippen molar-refractivity contribution in [3.05, 3.63) is 83.9 Å². The number of hydrazone groups is 1. The summed E-state index contributed by atoms with van der Waals surface area (Å²) in [5.74, 6) is 1.89. The second-order valence-electron chi connectivity index (χ2n) is 7.18. The Morgan fingerprint density at radius 1 is 0.875 bits per heavy atom. The van der Waals surface area contributed by atoms with Crippen molar-refractivity contribution in [2.24, 2.45) is 5.10 Å². The van der Waals surface area contributed by atoms with Crippen LogP contribution in [-0.2, 0) is 4.79 Å². The minimum absolute atomic E-state index is 0.409. The van der Waals surface area contributed by atoms with E-state index in [2.05, 4.69) is 10.5 Å². The highest BCUT2D eigenvalue weighted by atomic mass is 16.6. The third-order valence-electron chi connectivity index (χ3n) is 5.15. The number of fused-ring (bicyclic) bond motifs is 1. The van der Waals surface area contributed by atoms with Gasteiger partial charge in [-0.2, -0.15) is 5.10 Å². The zero-order valence-electron chi connectivity index (χ0n) is 18.1. The Labute approximate surface area is 186 Å². The van der Waals surface area contributed by atoms with Crippen LogP contribution in [0.15, 0.2) is 77.9 Å². The zero-order valence-corrected chi connectivity index (χ0v) is 18.1. The number of para-hydroxylation sites is 2. The number of rotatable bonds is 6. The standard InChI is InChI=1S/C25H24N2O5/c1-16(18-13-14-19(29-2)22(15-18)30-3)26-27-25(28)24-23(17-9-5-4-6-10-17)31-20-11-7-8-12-21(20)32-24/h4-15,23-24H,1-3H3,(H,27,28)/b26-16-/t23-,24+/m0/s1. The molecular weight excluding hydrogens is 408 g/mol. The molecule has 1 heterocycles. The van der Waals surface area contributed by atoms with E-state index in [1.165, 1.54) is 0 Å². The van der Waals surface area contributed by atoms with Crippen LogP contribution in [0.4, 0.5) is 0 Å². The Balaban J connectivity index is 1.57. The number of carbonyl (C=O) groups is 1. The first kappa shape index (κ1) is 21.2. The van der Waals surface area contributed by atoms with E-state index in [9.17, 15) is 4.79 Å². The molecule has 0 bridgehead atoms. The number of benzene rings is 3. The first-order valence-electron chi connectivity index (χ1n) is 10.1. The summed E-state index contributed by atoms with van der Waals surface area (Å²) in [5.41, 5.74) is 4.85. The second-order valence-corrected chi connectivity index (χ2v) is 7.18. The van der Waals surface area contributed by atoms with Gasteiger partial charge in [-0.25, -0.2) is 5.43 Å². The van der Waals surface area contributed by atoms with Gasteiger partial charge in [0.15, 0.2) is 29.1 Å². The first-order valence-corrected chi connectivity index (χ1v) is 10.1. The van der Waals surface area contributed by atoms with Crippen LogP contribution >= 0.6 is 0 Å². The van der Waals surface area contributed by atoms with Gasteiger partial charge in [0.05, 0.1) is 19.9 Å². The Hall–Kier alpha value is -4.00. The van der Waals surface area contributed by atoms with Crippen LogP contribution < -0.4 is 24.4 Å². The summed E-state index contributed by atoms with van der Waals surface area (Å²) in [4.78, 5) is 13.1. The van der Waals surface area contributed by atoms with Crippen LogP contribution in [0.3, 0.4) is 0 Å². The number of hydrogen-bond acceptors (Lipinski definition) is 6. The van der Waals surface area contributed by atoms with Gasteiger partial charge in [-0.3, -0.25) is 4.79 Å². The van der Waals surface area contributed by atoms with E-state index in [1.54, 1.807) is 39.3 Å². The molecule has 32 heavy (non-hydrogen) atoms. The lowest BCUT2D eigenvalue weighted by Crippen LogP contribution is -2.44. The number of ether oxygens (including phenoxy) is 4. The van der Waals surface area contributed by atoms with Crippen molar-refractivity contribution in [3.8, 4) is 23.0 Å². The Morgan fingerprint density at radius 2 is 1.53 bits per heavy atom. The smallest absolute Gasteiger partial charge is 0.285 e. The summed E-state index contributed by atoms with van der Waals surface area (Å²) in [6.07, 6.45) is -1.52. The van der Waals surface area contributed by atoms with Gasteiger partial charge in [0, 0.05) is 5.56 Å². The molecule has 3 aromatic carbocycles. The molecule has 7 heteroatoms.